The molecule has 0 saturated carbocycles. The third-order valence-corrected chi connectivity index (χ3v) is 3.47. The molecule has 1 aliphatic rings. The minimum atomic E-state index is -1.28. The first kappa shape index (κ1) is 14.5. The third kappa shape index (κ3) is 3.00. The maximum absolute atomic E-state index is 11.5. The Morgan fingerprint density at radius 2 is 1.89 bits per heavy atom. The Morgan fingerprint density at radius 1 is 1.17 bits per heavy atom. The van der Waals surface area contributed by atoms with Crippen LogP contribution in [0.3, 0.4) is 0 Å². The van der Waals surface area contributed by atoms with Gasteiger partial charge in [0.2, 0.25) is 0 Å². The van der Waals surface area contributed by atoms with Gasteiger partial charge in [0.1, 0.15) is 5.41 Å². The first-order valence-electron chi connectivity index (χ1n) is 6.37. The van der Waals surface area contributed by atoms with Crippen molar-refractivity contribution >= 4 is 11.9 Å². The Morgan fingerprint density at radius 3 is 2.44 bits per heavy atom. The third-order valence-electron chi connectivity index (χ3n) is 3.47. The van der Waals surface area contributed by atoms with Gasteiger partial charge in [0, 0.05) is 0 Å². The van der Waals surface area contributed by atoms with Gasteiger partial charge in [-0.1, -0.05) is 56.9 Å². The molecular weight excluding hydrogens is 232 g/mol. The van der Waals surface area contributed by atoms with Gasteiger partial charge in [-0.05, 0) is 6.42 Å². The predicted molar refractivity (Wildman–Crippen MR) is 68.2 cm³/mol. The fourth-order valence-electron chi connectivity index (χ4n) is 2.37. The first-order chi connectivity index (χ1) is 8.54. The molecule has 0 bridgehead atoms. The average molecular weight is 252 g/mol. The Hall–Kier alpha value is -1.58. The molecule has 2 unspecified atom stereocenters. The molecule has 2 atom stereocenters. The summed E-state index contributed by atoms with van der Waals surface area (Å²) in [5.41, 5.74) is -1.28. The highest BCUT2D eigenvalue weighted by atomic mass is 16.4. The van der Waals surface area contributed by atoms with Gasteiger partial charge >= 0.3 is 11.9 Å². The number of carboxylic acid groups (broad SMARTS) is 2. The van der Waals surface area contributed by atoms with E-state index in [-0.39, 0.29) is 0 Å². The van der Waals surface area contributed by atoms with Crippen molar-refractivity contribution in [3.05, 3.63) is 24.3 Å². The molecule has 0 aromatic carbocycles. The first-order valence-corrected chi connectivity index (χ1v) is 6.37. The van der Waals surface area contributed by atoms with Crippen LogP contribution in [0, 0.1) is 11.3 Å². The molecule has 0 aromatic heterocycles. The van der Waals surface area contributed by atoms with E-state index >= 15 is 0 Å². The number of hydrogen-bond acceptors (Lipinski definition) is 2. The molecule has 0 aliphatic heterocycles. The van der Waals surface area contributed by atoms with E-state index in [4.69, 9.17) is 0 Å². The molecule has 2 N–H and O–H groups in total. The molecule has 0 aromatic rings. The Bertz CT molecular complexity index is 370. The van der Waals surface area contributed by atoms with Crippen LogP contribution in [0.25, 0.3) is 0 Å². The summed E-state index contributed by atoms with van der Waals surface area (Å²) in [6.07, 6.45) is 10.4. The zero-order valence-corrected chi connectivity index (χ0v) is 10.6. The van der Waals surface area contributed by atoms with E-state index in [0.717, 1.165) is 25.7 Å². The highest BCUT2D eigenvalue weighted by molar-refractivity contribution is 5.87. The largest absolute Gasteiger partial charge is 0.481 e. The molecule has 4 nitrogen and oxygen atoms in total. The van der Waals surface area contributed by atoms with Crippen LogP contribution in [-0.2, 0) is 9.59 Å². The lowest BCUT2D eigenvalue weighted by atomic mass is 9.69. The molecule has 0 amide bonds. The maximum Gasteiger partial charge on any atom is 0.314 e. The van der Waals surface area contributed by atoms with Crippen LogP contribution in [0.2, 0.25) is 0 Å². The van der Waals surface area contributed by atoms with Crippen LogP contribution >= 0.6 is 0 Å². The second kappa shape index (κ2) is 6.38. The van der Waals surface area contributed by atoms with Crippen LogP contribution in [-0.4, -0.2) is 22.2 Å². The lowest BCUT2D eigenvalue weighted by Gasteiger charge is -2.32. The zero-order valence-electron chi connectivity index (χ0n) is 10.6. The van der Waals surface area contributed by atoms with Gasteiger partial charge in [-0.15, -0.1) is 0 Å². The van der Waals surface area contributed by atoms with Crippen molar-refractivity contribution in [2.45, 2.75) is 39.0 Å². The summed E-state index contributed by atoms with van der Waals surface area (Å²) < 4.78 is 0. The van der Waals surface area contributed by atoms with Gasteiger partial charge in [-0.3, -0.25) is 9.59 Å². The molecule has 0 spiro atoms. The maximum atomic E-state index is 11.5. The summed E-state index contributed by atoms with van der Waals surface area (Å²) >= 11 is 0. The van der Waals surface area contributed by atoms with E-state index in [9.17, 15) is 19.8 Å². The molecule has 18 heavy (non-hydrogen) atoms. The summed E-state index contributed by atoms with van der Waals surface area (Å²) in [5.74, 6) is -3.10. The second-order valence-corrected chi connectivity index (χ2v) is 4.72. The lowest BCUT2D eigenvalue weighted by Crippen LogP contribution is -2.41. The van der Waals surface area contributed by atoms with Gasteiger partial charge in [0.15, 0.2) is 0 Å². The Balaban J connectivity index is 2.84. The number of rotatable bonds is 7. The summed E-state index contributed by atoms with van der Waals surface area (Å²) in [7, 11) is 0. The van der Waals surface area contributed by atoms with E-state index in [1.807, 2.05) is 0 Å². The summed E-state index contributed by atoms with van der Waals surface area (Å²) in [6.45, 7) is 2.08. The summed E-state index contributed by atoms with van der Waals surface area (Å²) in [4.78, 5) is 22.7. The van der Waals surface area contributed by atoms with Crippen molar-refractivity contribution in [3.8, 4) is 0 Å². The zero-order chi connectivity index (χ0) is 13.6. The van der Waals surface area contributed by atoms with E-state index in [0.29, 0.717) is 6.42 Å². The topological polar surface area (TPSA) is 74.6 Å². The monoisotopic (exact) mass is 252 g/mol. The van der Waals surface area contributed by atoms with E-state index in [2.05, 4.69) is 6.92 Å². The van der Waals surface area contributed by atoms with E-state index < -0.39 is 23.3 Å². The Kier molecular flexibility index (Phi) is 5.13. The standard InChI is InChI=1S/C14H20O4/c1-2-3-4-6-9-14(13(17)18)10-7-5-8-11(14)12(15)16/h5,7-8,10-11H,2-4,6,9H2,1H3,(H,15,16)(H,17,18). The average Bonchev–Trinajstić information content (AvgIpc) is 2.34. The van der Waals surface area contributed by atoms with Gasteiger partial charge in [0.25, 0.3) is 0 Å². The summed E-state index contributed by atoms with van der Waals surface area (Å²) in [5, 5.41) is 18.6. The van der Waals surface area contributed by atoms with Crippen molar-refractivity contribution in [1.29, 1.82) is 0 Å². The predicted octanol–water partition coefficient (Wildman–Crippen LogP) is 2.85. The van der Waals surface area contributed by atoms with Gasteiger partial charge in [-0.25, -0.2) is 0 Å². The van der Waals surface area contributed by atoms with Gasteiger partial charge in [0.05, 0.1) is 5.92 Å². The smallest absolute Gasteiger partial charge is 0.314 e. The summed E-state index contributed by atoms with van der Waals surface area (Å²) in [6, 6.07) is 0. The van der Waals surface area contributed by atoms with E-state index in [1.54, 1.807) is 12.2 Å². The quantitative estimate of drug-likeness (QED) is 0.683. The number of carboxylic acids is 2. The van der Waals surface area contributed by atoms with Gasteiger partial charge in [-0.2, -0.15) is 0 Å². The van der Waals surface area contributed by atoms with E-state index in [1.165, 1.54) is 12.2 Å². The number of allylic oxidation sites excluding steroid dienone is 2. The number of aliphatic carboxylic acids is 2. The highest BCUT2D eigenvalue weighted by Crippen LogP contribution is 2.39. The van der Waals surface area contributed by atoms with Crippen LogP contribution in [0.15, 0.2) is 24.3 Å². The van der Waals surface area contributed by atoms with Crippen LogP contribution in [0.1, 0.15) is 39.0 Å². The van der Waals surface area contributed by atoms with Crippen LogP contribution in [0.4, 0.5) is 0 Å². The fraction of sp³-hybridized carbons (Fsp3) is 0.571. The van der Waals surface area contributed by atoms with Crippen molar-refractivity contribution in [3.63, 3.8) is 0 Å². The minimum Gasteiger partial charge on any atom is -0.481 e. The Labute approximate surface area is 107 Å². The SMILES string of the molecule is CCCCCCC1(C(=O)O)C=CC=CC1C(=O)O. The van der Waals surface area contributed by atoms with Crippen molar-refractivity contribution in [2.75, 3.05) is 0 Å². The van der Waals surface area contributed by atoms with Crippen molar-refractivity contribution in [1.82, 2.24) is 0 Å². The number of unbranched alkanes of at least 4 members (excludes halogenated alkanes) is 3. The normalized spacial score (nSPS) is 26.2. The lowest BCUT2D eigenvalue weighted by molar-refractivity contribution is -0.157. The molecule has 100 valence electrons. The van der Waals surface area contributed by atoms with Crippen LogP contribution < -0.4 is 0 Å². The highest BCUT2D eigenvalue weighted by Gasteiger charge is 2.46. The van der Waals surface area contributed by atoms with Crippen molar-refractivity contribution in [2.24, 2.45) is 11.3 Å². The molecule has 0 saturated heterocycles. The molecule has 1 rings (SSSR count). The molecule has 4 heteroatoms. The molecule has 0 fully saturated rings. The minimum absolute atomic E-state index is 0.375. The number of carbonyl (C=O) groups is 2. The van der Waals surface area contributed by atoms with Crippen LogP contribution in [0.5, 0.6) is 0 Å². The second-order valence-electron chi connectivity index (χ2n) is 4.72. The number of hydrogen-bond donors (Lipinski definition) is 2. The molecule has 0 radical (unpaired) electrons. The van der Waals surface area contributed by atoms with Gasteiger partial charge < -0.3 is 10.2 Å². The molecule has 1 aliphatic carbocycles. The molecule has 0 heterocycles. The fourth-order valence-corrected chi connectivity index (χ4v) is 2.37. The van der Waals surface area contributed by atoms with Crippen molar-refractivity contribution < 1.29 is 19.8 Å². The molecular formula is C14H20O4.